The van der Waals surface area contributed by atoms with Gasteiger partial charge in [-0.1, -0.05) is 12.1 Å². The lowest BCUT2D eigenvalue weighted by Crippen LogP contribution is -2.27. The van der Waals surface area contributed by atoms with Gasteiger partial charge in [0.15, 0.2) is 0 Å². The fraction of sp³-hybridized carbons (Fsp3) is 0.368. The summed E-state index contributed by atoms with van der Waals surface area (Å²) in [5.74, 6) is 0.447. The first-order chi connectivity index (χ1) is 12.2. The Morgan fingerprint density at radius 1 is 1.32 bits per heavy atom. The SMILES string of the molecule is COCCNC(=O)c1ccc(N2CCCC2c2ccc(F)cc2)nc1. The summed E-state index contributed by atoms with van der Waals surface area (Å²) in [7, 11) is 1.59. The van der Waals surface area contributed by atoms with Gasteiger partial charge in [-0.3, -0.25) is 4.79 Å². The number of methoxy groups -OCH3 is 1. The quantitative estimate of drug-likeness (QED) is 0.820. The topological polar surface area (TPSA) is 54.5 Å². The van der Waals surface area contributed by atoms with Crippen molar-refractivity contribution in [3.63, 3.8) is 0 Å². The molecule has 1 atom stereocenters. The van der Waals surface area contributed by atoms with Gasteiger partial charge in [-0.2, -0.15) is 0 Å². The molecule has 3 rings (SSSR count). The number of hydrogen-bond acceptors (Lipinski definition) is 4. The van der Waals surface area contributed by atoms with Gasteiger partial charge in [0.05, 0.1) is 18.2 Å². The van der Waals surface area contributed by atoms with E-state index in [2.05, 4.69) is 15.2 Å². The summed E-state index contributed by atoms with van der Waals surface area (Å²) in [4.78, 5) is 18.7. The molecular formula is C19H22FN3O2. The molecule has 1 aliphatic rings. The summed E-state index contributed by atoms with van der Waals surface area (Å²) in [6, 6.07) is 10.5. The minimum absolute atomic E-state index is 0.160. The van der Waals surface area contributed by atoms with E-state index in [1.54, 1.807) is 19.4 Å². The van der Waals surface area contributed by atoms with Gasteiger partial charge in [-0.15, -0.1) is 0 Å². The minimum Gasteiger partial charge on any atom is -0.383 e. The first-order valence-corrected chi connectivity index (χ1v) is 8.44. The highest BCUT2D eigenvalue weighted by Gasteiger charge is 2.27. The minimum atomic E-state index is -0.227. The zero-order valence-corrected chi connectivity index (χ0v) is 14.2. The van der Waals surface area contributed by atoms with Crippen molar-refractivity contribution < 1.29 is 13.9 Å². The normalized spacial score (nSPS) is 16.9. The third kappa shape index (κ3) is 4.14. The Bertz CT molecular complexity index is 704. The van der Waals surface area contributed by atoms with Crippen LogP contribution >= 0.6 is 0 Å². The Hall–Kier alpha value is -2.47. The molecular weight excluding hydrogens is 321 g/mol. The third-order valence-electron chi connectivity index (χ3n) is 4.40. The van der Waals surface area contributed by atoms with Crippen LogP contribution in [0.2, 0.25) is 0 Å². The molecule has 1 unspecified atom stereocenters. The zero-order valence-electron chi connectivity index (χ0n) is 14.2. The number of nitrogens with zero attached hydrogens (tertiary/aromatic N) is 2. The van der Waals surface area contributed by atoms with Crippen molar-refractivity contribution in [2.24, 2.45) is 0 Å². The van der Waals surface area contributed by atoms with Gasteiger partial charge in [-0.25, -0.2) is 9.37 Å². The number of amides is 1. The van der Waals surface area contributed by atoms with Crippen LogP contribution in [0.4, 0.5) is 10.2 Å². The van der Waals surface area contributed by atoms with Crippen molar-refractivity contribution in [3.05, 3.63) is 59.5 Å². The van der Waals surface area contributed by atoms with Crippen LogP contribution in [-0.4, -0.2) is 37.7 Å². The highest BCUT2D eigenvalue weighted by molar-refractivity contribution is 5.94. The number of benzene rings is 1. The summed E-state index contributed by atoms with van der Waals surface area (Å²) in [5, 5.41) is 2.78. The van der Waals surface area contributed by atoms with E-state index in [1.807, 2.05) is 18.2 Å². The maximum atomic E-state index is 13.2. The average molecular weight is 343 g/mol. The van der Waals surface area contributed by atoms with Crippen LogP contribution < -0.4 is 10.2 Å². The molecule has 1 aromatic heterocycles. The number of carbonyl (C=O) groups excluding carboxylic acids is 1. The van der Waals surface area contributed by atoms with E-state index in [1.165, 1.54) is 12.1 Å². The van der Waals surface area contributed by atoms with Crippen molar-refractivity contribution in [2.45, 2.75) is 18.9 Å². The van der Waals surface area contributed by atoms with Crippen LogP contribution in [0.25, 0.3) is 0 Å². The highest BCUT2D eigenvalue weighted by Crippen LogP contribution is 2.35. The summed E-state index contributed by atoms with van der Waals surface area (Å²) >= 11 is 0. The molecule has 2 aromatic rings. The predicted molar refractivity (Wildman–Crippen MR) is 94.2 cm³/mol. The number of pyridine rings is 1. The van der Waals surface area contributed by atoms with Crippen LogP contribution in [-0.2, 0) is 4.74 Å². The lowest BCUT2D eigenvalue weighted by molar-refractivity contribution is 0.0937. The second-order valence-electron chi connectivity index (χ2n) is 6.06. The third-order valence-corrected chi connectivity index (χ3v) is 4.40. The van der Waals surface area contributed by atoms with E-state index in [4.69, 9.17) is 4.74 Å². The van der Waals surface area contributed by atoms with Crippen LogP contribution in [0.3, 0.4) is 0 Å². The fourth-order valence-electron chi connectivity index (χ4n) is 3.13. The molecule has 0 aliphatic carbocycles. The molecule has 0 bridgehead atoms. The Morgan fingerprint density at radius 2 is 2.12 bits per heavy atom. The number of anilines is 1. The van der Waals surface area contributed by atoms with Crippen LogP contribution in [0, 0.1) is 5.82 Å². The molecule has 5 nitrogen and oxygen atoms in total. The average Bonchev–Trinajstić information content (AvgIpc) is 3.12. The molecule has 6 heteroatoms. The molecule has 1 saturated heterocycles. The maximum Gasteiger partial charge on any atom is 0.252 e. The van der Waals surface area contributed by atoms with Crippen LogP contribution in [0.1, 0.15) is 34.8 Å². The largest absolute Gasteiger partial charge is 0.383 e. The predicted octanol–water partition coefficient (Wildman–Crippen LogP) is 2.94. The van der Waals surface area contributed by atoms with Gasteiger partial charge in [0.2, 0.25) is 0 Å². The molecule has 132 valence electrons. The lowest BCUT2D eigenvalue weighted by Gasteiger charge is -2.26. The standard InChI is InChI=1S/C19H22FN3O2/c1-25-12-10-21-19(24)15-6-9-18(22-13-15)23-11-2-3-17(23)14-4-7-16(20)8-5-14/h4-9,13,17H,2-3,10-12H2,1H3,(H,21,24). The van der Waals surface area contributed by atoms with Crippen LogP contribution in [0.5, 0.6) is 0 Å². The van der Waals surface area contributed by atoms with Gasteiger partial charge < -0.3 is 15.0 Å². The fourth-order valence-corrected chi connectivity index (χ4v) is 3.13. The second kappa shape index (κ2) is 8.07. The maximum absolute atomic E-state index is 13.2. The Balaban J connectivity index is 1.70. The summed E-state index contributed by atoms with van der Waals surface area (Å²) < 4.78 is 18.1. The number of aromatic nitrogens is 1. The van der Waals surface area contributed by atoms with Gasteiger partial charge >= 0.3 is 0 Å². The Labute approximate surface area is 146 Å². The molecule has 0 saturated carbocycles. The lowest BCUT2D eigenvalue weighted by atomic mass is 10.0. The van der Waals surface area contributed by atoms with Gasteiger partial charge in [0.25, 0.3) is 5.91 Å². The molecule has 2 heterocycles. The van der Waals surface area contributed by atoms with E-state index in [0.717, 1.165) is 30.8 Å². The molecule has 1 N–H and O–H groups in total. The number of hydrogen-bond donors (Lipinski definition) is 1. The number of nitrogens with one attached hydrogen (secondary N) is 1. The number of halogens is 1. The molecule has 25 heavy (non-hydrogen) atoms. The monoisotopic (exact) mass is 343 g/mol. The van der Waals surface area contributed by atoms with E-state index < -0.39 is 0 Å². The summed E-state index contributed by atoms with van der Waals surface area (Å²) in [5.41, 5.74) is 1.61. The first kappa shape index (κ1) is 17.4. The van der Waals surface area contributed by atoms with Crippen molar-refractivity contribution in [2.75, 3.05) is 31.7 Å². The highest BCUT2D eigenvalue weighted by atomic mass is 19.1. The number of rotatable bonds is 6. The van der Waals surface area contributed by atoms with E-state index >= 15 is 0 Å². The molecule has 1 aromatic carbocycles. The molecule has 0 radical (unpaired) electrons. The van der Waals surface area contributed by atoms with Gasteiger partial charge in [-0.05, 0) is 42.7 Å². The first-order valence-electron chi connectivity index (χ1n) is 8.44. The van der Waals surface area contributed by atoms with Crippen molar-refractivity contribution in [1.29, 1.82) is 0 Å². The van der Waals surface area contributed by atoms with E-state index in [0.29, 0.717) is 18.7 Å². The summed E-state index contributed by atoms with van der Waals surface area (Å²) in [6.07, 6.45) is 3.66. The van der Waals surface area contributed by atoms with E-state index in [-0.39, 0.29) is 17.8 Å². The smallest absolute Gasteiger partial charge is 0.252 e. The van der Waals surface area contributed by atoms with E-state index in [9.17, 15) is 9.18 Å². The Kier molecular flexibility index (Phi) is 5.60. The van der Waals surface area contributed by atoms with Gasteiger partial charge in [0, 0.05) is 26.4 Å². The molecule has 1 aliphatic heterocycles. The summed E-state index contributed by atoms with van der Waals surface area (Å²) in [6.45, 7) is 1.84. The second-order valence-corrected chi connectivity index (χ2v) is 6.06. The Morgan fingerprint density at radius 3 is 2.80 bits per heavy atom. The number of carbonyl (C=O) groups is 1. The van der Waals surface area contributed by atoms with Crippen LogP contribution in [0.15, 0.2) is 42.6 Å². The van der Waals surface area contributed by atoms with Crippen molar-refractivity contribution in [1.82, 2.24) is 10.3 Å². The number of ether oxygens (including phenoxy) is 1. The molecule has 0 spiro atoms. The van der Waals surface area contributed by atoms with Crippen molar-refractivity contribution in [3.8, 4) is 0 Å². The van der Waals surface area contributed by atoms with Crippen molar-refractivity contribution >= 4 is 11.7 Å². The van der Waals surface area contributed by atoms with Gasteiger partial charge in [0.1, 0.15) is 11.6 Å². The molecule has 1 amide bonds. The molecule has 1 fully saturated rings. The zero-order chi connectivity index (χ0) is 17.6.